The Hall–Kier alpha value is -3.43. The van der Waals surface area contributed by atoms with Crippen LogP contribution in [0.15, 0.2) is 42.5 Å². The maximum atomic E-state index is 12.9. The lowest BCUT2D eigenvalue weighted by Gasteiger charge is -2.39. The number of rotatable bonds is 6. The molecule has 0 saturated carbocycles. The van der Waals surface area contributed by atoms with Gasteiger partial charge in [0.15, 0.2) is 11.5 Å². The molecule has 34 heavy (non-hydrogen) atoms. The van der Waals surface area contributed by atoms with E-state index in [1.165, 1.54) is 19.2 Å². The summed E-state index contributed by atoms with van der Waals surface area (Å²) in [5, 5.41) is 11.7. The van der Waals surface area contributed by atoms with E-state index in [9.17, 15) is 22.8 Å². The Bertz CT molecular complexity index is 1040. The molecular formula is C24H25F3N2O5. The zero-order valence-corrected chi connectivity index (χ0v) is 18.5. The van der Waals surface area contributed by atoms with Crippen molar-refractivity contribution >= 4 is 17.7 Å². The normalized spacial score (nSPS) is 21.8. The molecule has 0 spiro atoms. The van der Waals surface area contributed by atoms with Crippen molar-refractivity contribution < 1.29 is 37.3 Å². The first-order valence-electron chi connectivity index (χ1n) is 11.0. The van der Waals surface area contributed by atoms with E-state index in [1.807, 2.05) is 0 Å². The van der Waals surface area contributed by atoms with Crippen LogP contribution in [0.4, 0.5) is 23.7 Å². The van der Waals surface area contributed by atoms with E-state index in [4.69, 9.17) is 14.6 Å². The zero-order valence-electron chi connectivity index (χ0n) is 18.5. The third-order valence-electron chi connectivity index (χ3n) is 6.26. The van der Waals surface area contributed by atoms with Crippen LogP contribution in [0.25, 0.3) is 0 Å². The number of halogens is 3. The molecule has 7 nitrogen and oxygen atoms in total. The summed E-state index contributed by atoms with van der Waals surface area (Å²) in [7, 11) is 1.49. The number of carbonyl (C=O) groups excluding carboxylic acids is 1. The van der Waals surface area contributed by atoms with E-state index in [0.29, 0.717) is 35.6 Å². The molecule has 4 rings (SSSR count). The van der Waals surface area contributed by atoms with Crippen molar-refractivity contribution in [2.75, 3.05) is 12.4 Å². The number of amides is 2. The number of urea groups is 1. The molecule has 2 amide bonds. The minimum Gasteiger partial charge on any atom is -0.493 e. The predicted octanol–water partition coefficient (Wildman–Crippen LogP) is 4.95. The van der Waals surface area contributed by atoms with Gasteiger partial charge < -0.3 is 24.8 Å². The van der Waals surface area contributed by atoms with Crippen LogP contribution in [-0.4, -0.2) is 47.3 Å². The molecule has 2 aromatic rings. The number of hydrogen-bond acceptors (Lipinski definition) is 4. The number of fused-ring (bicyclic) bond motifs is 2. The summed E-state index contributed by atoms with van der Waals surface area (Å²) in [5.41, 5.74) is 0.142. The number of anilines is 1. The second kappa shape index (κ2) is 9.44. The fourth-order valence-electron chi connectivity index (χ4n) is 4.76. The number of benzene rings is 2. The van der Waals surface area contributed by atoms with Crippen molar-refractivity contribution in [3.05, 3.63) is 53.6 Å². The number of nitrogens with one attached hydrogen (secondary N) is 1. The summed E-state index contributed by atoms with van der Waals surface area (Å²) >= 11 is 0. The van der Waals surface area contributed by atoms with Gasteiger partial charge in [0, 0.05) is 30.6 Å². The largest absolute Gasteiger partial charge is 0.493 e. The Morgan fingerprint density at radius 2 is 1.71 bits per heavy atom. The standard InChI is InChI=1S/C24H25F3N2O5/c1-33-21-10-14(11-22(30)31)2-9-20(21)34-19-12-17-7-8-18(13-19)29(17)23(32)28-16-5-3-15(4-6-16)24(25,26)27/h2-6,9-10,17-19H,7-8,11-13H2,1H3,(H,28,32)(H,30,31)/t17-,18+,19+. The highest BCUT2D eigenvalue weighted by atomic mass is 19.4. The SMILES string of the molecule is COc1cc(CC(=O)O)ccc1O[C@H]1C[C@H]2CC[C@@H](C1)N2C(=O)Nc1ccc(C(F)(F)F)cc1. The molecule has 2 saturated heterocycles. The summed E-state index contributed by atoms with van der Waals surface area (Å²) < 4.78 is 49.8. The van der Waals surface area contributed by atoms with Crippen LogP contribution in [0.2, 0.25) is 0 Å². The fraction of sp³-hybridized carbons (Fsp3) is 0.417. The van der Waals surface area contributed by atoms with Crippen LogP contribution in [0.3, 0.4) is 0 Å². The van der Waals surface area contributed by atoms with Gasteiger partial charge in [-0.05, 0) is 54.8 Å². The molecule has 2 aliphatic heterocycles. The van der Waals surface area contributed by atoms with Crippen LogP contribution in [0.5, 0.6) is 11.5 Å². The van der Waals surface area contributed by atoms with Gasteiger partial charge in [-0.2, -0.15) is 13.2 Å². The molecule has 182 valence electrons. The van der Waals surface area contributed by atoms with Gasteiger partial charge in [-0.15, -0.1) is 0 Å². The Kier molecular flexibility index (Phi) is 6.58. The molecule has 10 heteroatoms. The maximum absolute atomic E-state index is 12.9. The minimum atomic E-state index is -4.43. The molecule has 3 atom stereocenters. The number of piperidine rings is 1. The number of carboxylic acid groups (broad SMARTS) is 1. The summed E-state index contributed by atoms with van der Waals surface area (Å²) in [4.78, 5) is 25.6. The highest BCUT2D eigenvalue weighted by Gasteiger charge is 2.44. The highest BCUT2D eigenvalue weighted by Crippen LogP contribution is 2.39. The Balaban J connectivity index is 1.39. The van der Waals surface area contributed by atoms with Crippen molar-refractivity contribution in [1.82, 2.24) is 4.90 Å². The molecule has 2 heterocycles. The number of aliphatic carboxylic acids is 1. The Morgan fingerprint density at radius 1 is 1.06 bits per heavy atom. The lowest BCUT2D eigenvalue weighted by atomic mass is 10.00. The molecule has 0 unspecified atom stereocenters. The van der Waals surface area contributed by atoms with Crippen LogP contribution in [0.1, 0.15) is 36.8 Å². The van der Waals surface area contributed by atoms with Gasteiger partial charge >= 0.3 is 18.2 Å². The van der Waals surface area contributed by atoms with E-state index in [0.717, 1.165) is 25.0 Å². The Labute approximate surface area is 194 Å². The second-order valence-corrected chi connectivity index (χ2v) is 8.56. The first kappa shape index (κ1) is 23.7. The summed E-state index contributed by atoms with van der Waals surface area (Å²) in [6, 6.07) is 8.99. The maximum Gasteiger partial charge on any atom is 0.416 e. The van der Waals surface area contributed by atoms with Gasteiger partial charge in [0.1, 0.15) is 6.10 Å². The first-order chi connectivity index (χ1) is 16.1. The molecule has 2 aliphatic rings. The third-order valence-corrected chi connectivity index (χ3v) is 6.26. The molecule has 2 bridgehead atoms. The smallest absolute Gasteiger partial charge is 0.416 e. The van der Waals surface area contributed by atoms with Gasteiger partial charge in [-0.3, -0.25) is 4.79 Å². The monoisotopic (exact) mass is 478 g/mol. The van der Waals surface area contributed by atoms with Gasteiger partial charge in [0.25, 0.3) is 0 Å². The first-order valence-corrected chi connectivity index (χ1v) is 11.0. The van der Waals surface area contributed by atoms with Crippen LogP contribution in [0, 0.1) is 0 Å². The molecule has 2 N–H and O–H groups in total. The predicted molar refractivity (Wildman–Crippen MR) is 117 cm³/mol. The summed E-state index contributed by atoms with van der Waals surface area (Å²) in [5.74, 6) is 0.0338. The van der Waals surface area contributed by atoms with E-state index < -0.39 is 17.7 Å². The molecule has 2 fully saturated rings. The Morgan fingerprint density at radius 3 is 2.26 bits per heavy atom. The van der Waals surface area contributed by atoms with E-state index >= 15 is 0 Å². The van der Waals surface area contributed by atoms with Crippen LogP contribution < -0.4 is 14.8 Å². The van der Waals surface area contributed by atoms with Crippen molar-refractivity contribution in [3.63, 3.8) is 0 Å². The zero-order chi connectivity index (χ0) is 24.5. The van der Waals surface area contributed by atoms with Crippen LogP contribution >= 0.6 is 0 Å². The summed E-state index contributed by atoms with van der Waals surface area (Å²) in [6.45, 7) is 0. The minimum absolute atomic E-state index is 0.0459. The molecule has 2 aromatic carbocycles. The van der Waals surface area contributed by atoms with E-state index in [-0.39, 0.29) is 30.6 Å². The number of carboxylic acids is 1. The fourth-order valence-corrected chi connectivity index (χ4v) is 4.76. The number of carbonyl (C=O) groups is 2. The van der Waals surface area contributed by atoms with Gasteiger partial charge in [0.2, 0.25) is 0 Å². The topological polar surface area (TPSA) is 88.1 Å². The van der Waals surface area contributed by atoms with Gasteiger partial charge in [-0.1, -0.05) is 6.07 Å². The number of methoxy groups -OCH3 is 1. The highest BCUT2D eigenvalue weighted by molar-refractivity contribution is 5.90. The van der Waals surface area contributed by atoms with Crippen LogP contribution in [-0.2, 0) is 17.4 Å². The third kappa shape index (κ3) is 5.21. The molecular weight excluding hydrogens is 453 g/mol. The second-order valence-electron chi connectivity index (χ2n) is 8.56. The number of alkyl halides is 3. The van der Waals surface area contributed by atoms with Crippen molar-refractivity contribution in [2.24, 2.45) is 0 Å². The average Bonchev–Trinajstić information content (AvgIpc) is 3.05. The van der Waals surface area contributed by atoms with Gasteiger partial charge in [-0.25, -0.2) is 4.79 Å². The van der Waals surface area contributed by atoms with Crippen molar-refractivity contribution in [2.45, 2.75) is 56.5 Å². The average molecular weight is 478 g/mol. The quantitative estimate of drug-likeness (QED) is 0.614. The number of hydrogen-bond donors (Lipinski definition) is 2. The molecule has 0 aromatic heterocycles. The number of nitrogens with zero attached hydrogens (tertiary/aromatic N) is 1. The lowest BCUT2D eigenvalue weighted by molar-refractivity contribution is -0.138. The van der Waals surface area contributed by atoms with Gasteiger partial charge in [0.05, 0.1) is 19.1 Å². The molecule has 0 aliphatic carbocycles. The summed E-state index contributed by atoms with van der Waals surface area (Å²) in [6.07, 6.45) is -1.84. The lowest BCUT2D eigenvalue weighted by Crippen LogP contribution is -2.50. The molecule has 0 radical (unpaired) electrons. The van der Waals surface area contributed by atoms with Crippen molar-refractivity contribution in [1.29, 1.82) is 0 Å². The van der Waals surface area contributed by atoms with Crippen molar-refractivity contribution in [3.8, 4) is 11.5 Å². The van der Waals surface area contributed by atoms with E-state index in [2.05, 4.69) is 5.32 Å². The number of ether oxygens (including phenoxy) is 2. The van der Waals surface area contributed by atoms with E-state index in [1.54, 1.807) is 23.1 Å².